The zero-order chi connectivity index (χ0) is 24.6. The predicted molar refractivity (Wildman–Crippen MR) is 137 cm³/mol. The highest BCUT2D eigenvalue weighted by atomic mass is 32.2. The highest BCUT2D eigenvalue weighted by Crippen LogP contribution is 2.20. The van der Waals surface area contributed by atoms with Crippen LogP contribution in [0.4, 0.5) is 0 Å². The van der Waals surface area contributed by atoms with Crippen LogP contribution in [0.25, 0.3) is 0 Å². The average molecular weight is 465 g/mol. The molecule has 0 heterocycles. The Morgan fingerprint density at radius 2 is 1.56 bits per heavy atom. The Kier molecular flexibility index (Phi) is 15.1. The normalized spacial score (nSPS) is 12.8. The fourth-order valence-electron chi connectivity index (χ4n) is 2.53. The van der Waals surface area contributed by atoms with Gasteiger partial charge in [-0.2, -0.15) is 0 Å². The Morgan fingerprint density at radius 3 is 1.94 bits per heavy atom. The lowest BCUT2D eigenvalue weighted by molar-refractivity contribution is 0.0627. The summed E-state index contributed by atoms with van der Waals surface area (Å²) in [6, 6.07) is 17.8. The molecule has 0 amide bonds. The first kappa shape index (κ1) is 30.3. The van der Waals surface area contributed by atoms with E-state index in [1.807, 2.05) is 25.1 Å². The quantitative estimate of drug-likeness (QED) is 0.460. The third-order valence-electron chi connectivity index (χ3n) is 4.97. The number of unbranched alkanes of at least 4 members (excludes halogenated alkanes) is 2. The molecule has 0 radical (unpaired) electrons. The van der Waals surface area contributed by atoms with Crippen molar-refractivity contribution in [3.63, 3.8) is 0 Å². The molecule has 4 N–H and O–H groups in total. The van der Waals surface area contributed by atoms with Crippen molar-refractivity contribution < 1.29 is 13.5 Å². The van der Waals surface area contributed by atoms with Gasteiger partial charge in [-0.1, -0.05) is 86.8 Å². The minimum absolute atomic E-state index is 0.0312. The first-order valence-corrected chi connectivity index (χ1v) is 13.1. The van der Waals surface area contributed by atoms with Crippen LogP contribution in [0.3, 0.4) is 0 Å². The van der Waals surface area contributed by atoms with E-state index in [0.717, 1.165) is 18.5 Å². The van der Waals surface area contributed by atoms with Gasteiger partial charge in [0.25, 0.3) is 0 Å². The second-order valence-corrected chi connectivity index (χ2v) is 10.7. The number of rotatable bonds is 9. The predicted octanol–water partition coefficient (Wildman–Crippen LogP) is 4.91. The van der Waals surface area contributed by atoms with E-state index >= 15 is 0 Å². The largest absolute Gasteiger partial charge is 0.384 e. The van der Waals surface area contributed by atoms with Crippen LogP contribution in [0.2, 0.25) is 0 Å². The number of sulfonamides is 1. The second kappa shape index (κ2) is 16.0. The van der Waals surface area contributed by atoms with Crippen molar-refractivity contribution in [2.24, 2.45) is 5.73 Å². The van der Waals surface area contributed by atoms with Crippen molar-refractivity contribution in [3.05, 3.63) is 71.3 Å². The summed E-state index contributed by atoms with van der Waals surface area (Å²) >= 11 is 0. The molecule has 2 aromatic carbocycles. The molecule has 0 spiro atoms. The molecule has 0 bridgehead atoms. The maximum Gasteiger partial charge on any atom is 0.214 e. The topological polar surface area (TPSA) is 92.4 Å². The maximum atomic E-state index is 11.6. The van der Waals surface area contributed by atoms with Crippen molar-refractivity contribution >= 4 is 10.0 Å². The van der Waals surface area contributed by atoms with Gasteiger partial charge in [0.05, 0.1) is 5.25 Å². The number of nitrogens with one attached hydrogen (secondary N) is 1. The van der Waals surface area contributed by atoms with Crippen LogP contribution >= 0.6 is 0 Å². The molecular weight excluding hydrogens is 420 g/mol. The van der Waals surface area contributed by atoms with Gasteiger partial charge in [0.15, 0.2) is 0 Å². The number of benzene rings is 2. The lowest BCUT2D eigenvalue weighted by atomic mass is 9.95. The second-order valence-electron chi connectivity index (χ2n) is 8.39. The van der Waals surface area contributed by atoms with Crippen LogP contribution in [0.15, 0.2) is 54.6 Å². The van der Waals surface area contributed by atoms with Crippen LogP contribution in [0.5, 0.6) is 0 Å². The van der Waals surface area contributed by atoms with Crippen molar-refractivity contribution in [2.45, 2.75) is 78.1 Å². The van der Waals surface area contributed by atoms with E-state index in [0.29, 0.717) is 5.56 Å². The lowest BCUT2D eigenvalue weighted by Crippen LogP contribution is -2.41. The third kappa shape index (κ3) is 13.0. The van der Waals surface area contributed by atoms with Crippen LogP contribution < -0.4 is 10.5 Å². The Labute approximate surface area is 196 Å². The molecule has 0 aliphatic rings. The number of aliphatic hydroxyl groups is 1. The van der Waals surface area contributed by atoms with E-state index in [1.165, 1.54) is 24.8 Å². The summed E-state index contributed by atoms with van der Waals surface area (Å²) in [6.07, 6.45) is 4.89. The Hall–Kier alpha value is -1.73. The summed E-state index contributed by atoms with van der Waals surface area (Å²) in [4.78, 5) is 0. The summed E-state index contributed by atoms with van der Waals surface area (Å²) in [6.45, 7) is 11.9. The standard InChI is InChI=1S/C13H21NO3S.C8H10.C5H13N/c1-10(2)18(16,17)14-9-13(4,15)12-7-5-11(3)6-8-12;1-2-8-6-4-3-5-7-8;1-2-3-4-5-6/h5-8,10,14-15H,9H2,1-4H3;3-7H,2H2,1H3;2-6H2,1H3. The fraction of sp³-hybridized carbons (Fsp3) is 0.538. The zero-order valence-corrected chi connectivity index (χ0v) is 21.6. The lowest BCUT2D eigenvalue weighted by Gasteiger charge is -2.25. The van der Waals surface area contributed by atoms with Crippen LogP contribution in [0, 0.1) is 6.92 Å². The van der Waals surface area contributed by atoms with Gasteiger partial charge >= 0.3 is 0 Å². The first-order valence-electron chi connectivity index (χ1n) is 11.5. The van der Waals surface area contributed by atoms with E-state index in [2.05, 4.69) is 42.8 Å². The van der Waals surface area contributed by atoms with Crippen molar-refractivity contribution in [1.29, 1.82) is 0 Å². The summed E-state index contributed by atoms with van der Waals surface area (Å²) < 4.78 is 25.7. The molecule has 0 fully saturated rings. The molecular formula is C26H44N2O3S. The highest BCUT2D eigenvalue weighted by molar-refractivity contribution is 7.90. The Bertz CT molecular complexity index is 814. The summed E-state index contributed by atoms with van der Waals surface area (Å²) in [5.41, 5.74) is 7.20. The van der Waals surface area contributed by atoms with Gasteiger partial charge in [0.2, 0.25) is 10.0 Å². The Balaban J connectivity index is 0.000000562. The molecule has 32 heavy (non-hydrogen) atoms. The number of aryl methyl sites for hydroxylation is 2. The number of hydrogen-bond donors (Lipinski definition) is 3. The minimum Gasteiger partial charge on any atom is -0.384 e. The van der Waals surface area contributed by atoms with Crippen LogP contribution in [-0.2, 0) is 22.0 Å². The van der Waals surface area contributed by atoms with E-state index in [-0.39, 0.29) is 6.54 Å². The smallest absolute Gasteiger partial charge is 0.214 e. The first-order chi connectivity index (χ1) is 15.0. The molecule has 182 valence electrons. The van der Waals surface area contributed by atoms with Crippen molar-refractivity contribution in [3.8, 4) is 0 Å². The molecule has 2 aromatic rings. The molecule has 1 unspecified atom stereocenters. The van der Waals surface area contributed by atoms with Gasteiger partial charge in [-0.05, 0) is 58.2 Å². The monoisotopic (exact) mass is 464 g/mol. The van der Waals surface area contributed by atoms with E-state index < -0.39 is 20.9 Å². The molecule has 0 saturated carbocycles. The van der Waals surface area contributed by atoms with Gasteiger partial charge < -0.3 is 10.8 Å². The molecule has 0 aliphatic carbocycles. The van der Waals surface area contributed by atoms with E-state index in [4.69, 9.17) is 5.73 Å². The van der Waals surface area contributed by atoms with Crippen molar-refractivity contribution in [2.75, 3.05) is 13.1 Å². The fourth-order valence-corrected chi connectivity index (χ4v) is 3.35. The van der Waals surface area contributed by atoms with E-state index in [9.17, 15) is 13.5 Å². The molecule has 6 heteroatoms. The molecule has 2 rings (SSSR count). The van der Waals surface area contributed by atoms with Gasteiger partial charge in [-0.15, -0.1) is 0 Å². The number of nitrogens with two attached hydrogens (primary N) is 1. The average Bonchev–Trinajstić information content (AvgIpc) is 2.78. The molecule has 0 saturated heterocycles. The highest BCUT2D eigenvalue weighted by Gasteiger charge is 2.26. The van der Waals surface area contributed by atoms with Gasteiger partial charge in [-0.3, -0.25) is 0 Å². The Morgan fingerprint density at radius 1 is 1.00 bits per heavy atom. The van der Waals surface area contributed by atoms with Crippen LogP contribution in [0.1, 0.15) is 70.6 Å². The van der Waals surface area contributed by atoms with Gasteiger partial charge in [-0.25, -0.2) is 13.1 Å². The summed E-state index contributed by atoms with van der Waals surface area (Å²) in [5, 5.41) is 9.79. The van der Waals surface area contributed by atoms with Gasteiger partial charge in [0, 0.05) is 6.54 Å². The van der Waals surface area contributed by atoms with Crippen molar-refractivity contribution in [1.82, 2.24) is 4.72 Å². The number of hydrogen-bond acceptors (Lipinski definition) is 4. The molecule has 0 aromatic heterocycles. The minimum atomic E-state index is -3.36. The SMILES string of the molecule is CCCCCN.CCc1ccccc1.Cc1ccc(C(C)(O)CNS(=O)(=O)C(C)C)cc1. The van der Waals surface area contributed by atoms with Crippen LogP contribution in [-0.4, -0.2) is 31.9 Å². The zero-order valence-electron chi connectivity index (χ0n) is 20.8. The van der Waals surface area contributed by atoms with Gasteiger partial charge in [0.1, 0.15) is 5.60 Å². The maximum absolute atomic E-state index is 11.6. The molecule has 0 aliphatic heterocycles. The summed E-state index contributed by atoms with van der Waals surface area (Å²) in [7, 11) is -3.36. The van der Waals surface area contributed by atoms with E-state index in [1.54, 1.807) is 32.9 Å². The third-order valence-corrected chi connectivity index (χ3v) is 6.76. The molecule has 5 nitrogen and oxygen atoms in total. The summed E-state index contributed by atoms with van der Waals surface area (Å²) in [5.74, 6) is 0. The molecule has 1 atom stereocenters.